The van der Waals surface area contributed by atoms with Gasteiger partial charge >= 0.3 is 0 Å². The maximum Gasteiger partial charge on any atom is 0.0887 e. The molecule has 0 bridgehead atoms. The van der Waals surface area contributed by atoms with E-state index in [9.17, 15) is 0 Å². The molecule has 1 aliphatic heterocycles. The minimum atomic E-state index is 0.919. The molecule has 0 aliphatic carbocycles. The molecule has 0 atom stereocenters. The van der Waals surface area contributed by atoms with E-state index in [1.165, 1.54) is 5.69 Å². The molecule has 3 rings (SSSR count). The lowest BCUT2D eigenvalue weighted by molar-refractivity contribution is 0.421. The normalized spacial score (nSPS) is 16.2. The van der Waals surface area contributed by atoms with Crippen LogP contribution in [-0.4, -0.2) is 41.7 Å². The fraction of sp³-hybridized carbons (Fsp3) is 0.286. The van der Waals surface area contributed by atoms with Crippen molar-refractivity contribution in [2.45, 2.75) is 0 Å². The van der Waals surface area contributed by atoms with Crippen molar-refractivity contribution in [2.75, 3.05) is 31.7 Å². The molecule has 4 nitrogen and oxygen atoms in total. The molecule has 2 aromatic rings. The maximum atomic E-state index is 4.50. The lowest BCUT2D eigenvalue weighted by atomic mass is 10.2. The number of hydrogen-bond acceptors (Lipinski definition) is 4. The Bertz CT molecular complexity index is 509. The Morgan fingerprint density at radius 2 is 1.89 bits per heavy atom. The van der Waals surface area contributed by atoms with E-state index in [1.54, 1.807) is 6.20 Å². The zero-order valence-electron chi connectivity index (χ0n) is 10.5. The molecule has 0 spiro atoms. The third-order valence-corrected chi connectivity index (χ3v) is 3.20. The maximum absolute atomic E-state index is 4.50. The predicted octanol–water partition coefficient (Wildman–Crippen LogP) is 1.85. The first-order chi connectivity index (χ1) is 8.83. The highest BCUT2D eigenvalue weighted by molar-refractivity contribution is 5.57. The highest BCUT2D eigenvalue weighted by Gasteiger charge is 2.16. The molecular weight excluding hydrogens is 224 g/mol. The second-order valence-electron chi connectivity index (χ2n) is 4.60. The molecule has 0 saturated carbocycles. The fourth-order valence-corrected chi connectivity index (χ4v) is 2.17. The summed E-state index contributed by atoms with van der Waals surface area (Å²) in [5, 5.41) is 0. The van der Waals surface area contributed by atoms with Gasteiger partial charge < -0.3 is 4.90 Å². The molecule has 4 heteroatoms. The second-order valence-corrected chi connectivity index (χ2v) is 4.60. The number of nitrogens with zero attached hydrogens (tertiary/aromatic N) is 4. The summed E-state index contributed by atoms with van der Waals surface area (Å²) in [7, 11) is 2.13. The molecule has 1 aliphatic rings. The van der Waals surface area contributed by atoms with Gasteiger partial charge in [-0.3, -0.25) is 14.9 Å². The second kappa shape index (κ2) is 4.74. The van der Waals surface area contributed by atoms with Gasteiger partial charge in [-0.25, -0.2) is 0 Å². The largest absolute Gasteiger partial charge is 0.356 e. The topological polar surface area (TPSA) is 32.3 Å². The van der Waals surface area contributed by atoms with Crippen LogP contribution >= 0.6 is 0 Å². The minimum Gasteiger partial charge on any atom is -0.356 e. The van der Waals surface area contributed by atoms with E-state index in [2.05, 4.69) is 32.9 Å². The number of aromatic nitrogens is 2. The molecule has 0 amide bonds. The van der Waals surface area contributed by atoms with Crippen LogP contribution in [0, 0.1) is 0 Å². The van der Waals surface area contributed by atoms with Crippen molar-refractivity contribution in [1.82, 2.24) is 14.9 Å². The van der Waals surface area contributed by atoms with E-state index >= 15 is 0 Å². The molecule has 0 aromatic carbocycles. The Kier molecular flexibility index (Phi) is 2.94. The highest BCUT2D eigenvalue weighted by Crippen LogP contribution is 2.20. The molecule has 18 heavy (non-hydrogen) atoms. The van der Waals surface area contributed by atoms with Crippen molar-refractivity contribution >= 4 is 5.69 Å². The van der Waals surface area contributed by atoms with Crippen LogP contribution in [0.4, 0.5) is 5.69 Å². The van der Waals surface area contributed by atoms with Crippen LogP contribution in [0.5, 0.6) is 0 Å². The van der Waals surface area contributed by atoms with Crippen molar-refractivity contribution in [2.24, 2.45) is 0 Å². The van der Waals surface area contributed by atoms with Crippen molar-refractivity contribution in [1.29, 1.82) is 0 Å². The van der Waals surface area contributed by atoms with Crippen molar-refractivity contribution in [3.63, 3.8) is 0 Å². The fourth-order valence-electron chi connectivity index (χ4n) is 2.17. The molecule has 3 heterocycles. The van der Waals surface area contributed by atoms with Crippen LogP contribution in [0.2, 0.25) is 0 Å². The minimum absolute atomic E-state index is 0.919. The Morgan fingerprint density at radius 3 is 2.50 bits per heavy atom. The third-order valence-electron chi connectivity index (χ3n) is 3.20. The molecule has 1 saturated heterocycles. The Labute approximate surface area is 107 Å². The SMILES string of the molecule is CN1CCN(c2ccc(-c3ccccn3)nc2)C1. The van der Waals surface area contributed by atoms with E-state index < -0.39 is 0 Å². The van der Waals surface area contributed by atoms with Gasteiger partial charge in [0.05, 0.1) is 29.9 Å². The molecule has 1 fully saturated rings. The van der Waals surface area contributed by atoms with Gasteiger partial charge in [-0.2, -0.15) is 0 Å². The first kappa shape index (κ1) is 11.2. The Balaban J connectivity index is 1.81. The van der Waals surface area contributed by atoms with Gasteiger partial charge in [-0.05, 0) is 31.3 Å². The summed E-state index contributed by atoms with van der Waals surface area (Å²) in [5.41, 5.74) is 3.02. The van der Waals surface area contributed by atoms with Crippen LogP contribution in [0.15, 0.2) is 42.7 Å². The molecule has 0 radical (unpaired) electrons. The van der Waals surface area contributed by atoms with Gasteiger partial charge in [-0.1, -0.05) is 6.07 Å². The van der Waals surface area contributed by atoms with E-state index in [-0.39, 0.29) is 0 Å². The van der Waals surface area contributed by atoms with Gasteiger partial charge in [0, 0.05) is 19.3 Å². The first-order valence-corrected chi connectivity index (χ1v) is 6.14. The summed E-state index contributed by atoms with van der Waals surface area (Å²) in [4.78, 5) is 13.4. The summed E-state index contributed by atoms with van der Waals surface area (Å²) < 4.78 is 0. The van der Waals surface area contributed by atoms with Crippen LogP contribution < -0.4 is 4.90 Å². The van der Waals surface area contributed by atoms with Gasteiger partial charge in [-0.15, -0.1) is 0 Å². The first-order valence-electron chi connectivity index (χ1n) is 6.14. The average molecular weight is 240 g/mol. The smallest absolute Gasteiger partial charge is 0.0887 e. The van der Waals surface area contributed by atoms with Crippen LogP contribution in [0.1, 0.15) is 0 Å². The van der Waals surface area contributed by atoms with E-state index in [1.807, 2.05) is 30.5 Å². The summed E-state index contributed by atoms with van der Waals surface area (Å²) >= 11 is 0. The quantitative estimate of drug-likeness (QED) is 0.802. The van der Waals surface area contributed by atoms with Gasteiger partial charge in [0.25, 0.3) is 0 Å². The zero-order chi connectivity index (χ0) is 12.4. The molecular formula is C14H16N4. The predicted molar refractivity (Wildman–Crippen MR) is 72.3 cm³/mol. The van der Waals surface area contributed by atoms with E-state index in [0.717, 1.165) is 31.1 Å². The summed E-state index contributed by atoms with van der Waals surface area (Å²) in [6, 6.07) is 10.0. The average Bonchev–Trinajstić information content (AvgIpc) is 2.87. The van der Waals surface area contributed by atoms with Crippen LogP contribution in [0.3, 0.4) is 0 Å². The van der Waals surface area contributed by atoms with Gasteiger partial charge in [0.15, 0.2) is 0 Å². The van der Waals surface area contributed by atoms with Crippen LogP contribution in [-0.2, 0) is 0 Å². The Hall–Kier alpha value is -1.94. The third kappa shape index (κ3) is 2.19. The monoisotopic (exact) mass is 240 g/mol. The molecule has 0 unspecified atom stereocenters. The highest BCUT2D eigenvalue weighted by atomic mass is 15.4. The van der Waals surface area contributed by atoms with Crippen molar-refractivity contribution in [3.05, 3.63) is 42.7 Å². The molecule has 92 valence electrons. The summed E-state index contributed by atoms with van der Waals surface area (Å²) in [6.45, 7) is 3.16. The van der Waals surface area contributed by atoms with Crippen molar-refractivity contribution in [3.8, 4) is 11.4 Å². The standard InChI is InChI=1S/C14H16N4/c1-17-8-9-18(11-17)12-5-6-14(16-10-12)13-4-2-3-7-15-13/h2-7,10H,8-9,11H2,1H3. The summed E-state index contributed by atoms with van der Waals surface area (Å²) in [6.07, 6.45) is 3.73. The Morgan fingerprint density at radius 1 is 1.00 bits per heavy atom. The number of anilines is 1. The number of pyridine rings is 2. The van der Waals surface area contributed by atoms with E-state index in [0.29, 0.717) is 0 Å². The zero-order valence-corrected chi connectivity index (χ0v) is 10.5. The lowest BCUT2D eigenvalue weighted by Crippen LogP contribution is -2.22. The number of rotatable bonds is 2. The van der Waals surface area contributed by atoms with E-state index in [4.69, 9.17) is 0 Å². The lowest BCUT2D eigenvalue weighted by Gasteiger charge is -2.17. The number of hydrogen-bond donors (Lipinski definition) is 0. The molecule has 0 N–H and O–H groups in total. The van der Waals surface area contributed by atoms with Gasteiger partial charge in [0.1, 0.15) is 0 Å². The summed E-state index contributed by atoms with van der Waals surface area (Å²) in [5.74, 6) is 0. The van der Waals surface area contributed by atoms with Crippen LogP contribution in [0.25, 0.3) is 11.4 Å². The molecule has 2 aromatic heterocycles. The van der Waals surface area contributed by atoms with Gasteiger partial charge in [0.2, 0.25) is 0 Å². The van der Waals surface area contributed by atoms with Crippen molar-refractivity contribution < 1.29 is 0 Å². The number of likely N-dealkylation sites (N-methyl/N-ethyl adjacent to an activating group) is 1.